The van der Waals surface area contributed by atoms with Gasteiger partial charge in [-0.25, -0.2) is 13.1 Å². The van der Waals surface area contributed by atoms with Gasteiger partial charge in [0.2, 0.25) is 10.0 Å². The molecule has 0 saturated heterocycles. The van der Waals surface area contributed by atoms with Crippen LogP contribution in [0, 0.1) is 0 Å². The number of nitrogens with zero attached hydrogens (tertiary/aromatic N) is 1. The zero-order valence-corrected chi connectivity index (χ0v) is 13.6. The van der Waals surface area contributed by atoms with Crippen LogP contribution in [0.1, 0.15) is 0 Å². The molecular weight excluding hydrogens is 298 g/mol. The minimum absolute atomic E-state index is 0.254. The lowest BCUT2D eigenvalue weighted by molar-refractivity contribution is 0.412. The highest BCUT2D eigenvalue weighted by Crippen LogP contribution is 2.26. The number of benzene rings is 2. The van der Waals surface area contributed by atoms with E-state index in [1.807, 2.05) is 43.3 Å². The van der Waals surface area contributed by atoms with Crippen LogP contribution in [-0.4, -0.2) is 40.5 Å². The number of anilines is 1. The highest BCUT2D eigenvalue weighted by molar-refractivity contribution is 7.89. The lowest BCUT2D eigenvalue weighted by atomic mass is 10.0. The molecule has 22 heavy (non-hydrogen) atoms. The van der Waals surface area contributed by atoms with Crippen molar-refractivity contribution in [1.82, 2.24) is 9.62 Å². The molecule has 3 N–H and O–H groups in total. The maximum absolute atomic E-state index is 12.2. The summed E-state index contributed by atoms with van der Waals surface area (Å²) in [5.41, 5.74) is 8.39. The summed E-state index contributed by atoms with van der Waals surface area (Å²) < 4.78 is 26.9. The van der Waals surface area contributed by atoms with E-state index in [1.165, 1.54) is 0 Å². The Morgan fingerprint density at radius 1 is 1.05 bits per heavy atom. The predicted octanol–water partition coefficient (Wildman–Crippen LogP) is 1.78. The number of nitrogens with two attached hydrogens (primary N) is 1. The summed E-state index contributed by atoms with van der Waals surface area (Å²) in [6, 6.07) is 14.2. The van der Waals surface area contributed by atoms with Crippen molar-refractivity contribution in [3.63, 3.8) is 0 Å². The monoisotopic (exact) mass is 319 g/mol. The normalized spacial score (nSPS) is 11.8. The number of hydrogen-bond donors (Lipinski definition) is 2. The summed E-state index contributed by atoms with van der Waals surface area (Å²) >= 11 is 0. The average Bonchev–Trinajstić information content (AvgIpc) is 2.47. The van der Waals surface area contributed by atoms with Gasteiger partial charge in [-0.2, -0.15) is 0 Å². The third kappa shape index (κ3) is 4.07. The van der Waals surface area contributed by atoms with E-state index in [2.05, 4.69) is 4.72 Å². The fourth-order valence-corrected chi connectivity index (χ4v) is 3.08. The Kier molecular flexibility index (Phi) is 5.18. The fourth-order valence-electron chi connectivity index (χ4n) is 2.06. The van der Waals surface area contributed by atoms with E-state index in [-0.39, 0.29) is 4.90 Å². The first-order valence-corrected chi connectivity index (χ1v) is 8.48. The van der Waals surface area contributed by atoms with Crippen LogP contribution in [-0.2, 0) is 10.0 Å². The number of rotatable bonds is 6. The van der Waals surface area contributed by atoms with Gasteiger partial charge in [0.05, 0.1) is 4.90 Å². The first kappa shape index (κ1) is 16.5. The van der Waals surface area contributed by atoms with Crippen molar-refractivity contribution < 1.29 is 8.42 Å². The second-order valence-electron chi connectivity index (χ2n) is 5.31. The molecular formula is C16H21N3O2S. The Hall–Kier alpha value is -1.89. The first-order chi connectivity index (χ1) is 10.4. The van der Waals surface area contributed by atoms with E-state index in [9.17, 15) is 8.42 Å². The minimum Gasteiger partial charge on any atom is -0.398 e. The largest absolute Gasteiger partial charge is 0.398 e. The van der Waals surface area contributed by atoms with E-state index < -0.39 is 10.0 Å². The summed E-state index contributed by atoms with van der Waals surface area (Å²) in [6.07, 6.45) is 0. The lowest BCUT2D eigenvalue weighted by Gasteiger charge is -2.11. The van der Waals surface area contributed by atoms with Gasteiger partial charge in [0.1, 0.15) is 0 Å². The quantitative estimate of drug-likeness (QED) is 0.796. The number of para-hydroxylation sites is 1. The highest BCUT2D eigenvalue weighted by atomic mass is 32.2. The molecule has 2 aromatic carbocycles. The van der Waals surface area contributed by atoms with Gasteiger partial charge in [-0.1, -0.05) is 30.3 Å². The molecule has 0 aliphatic rings. The van der Waals surface area contributed by atoms with E-state index in [0.29, 0.717) is 18.8 Å². The van der Waals surface area contributed by atoms with Crippen molar-refractivity contribution in [2.24, 2.45) is 0 Å². The Bertz CT molecular complexity index is 725. The van der Waals surface area contributed by atoms with Crippen LogP contribution in [0.25, 0.3) is 11.1 Å². The van der Waals surface area contributed by atoms with E-state index in [1.54, 1.807) is 24.3 Å². The molecule has 0 spiro atoms. The van der Waals surface area contributed by atoms with Crippen molar-refractivity contribution in [2.75, 3.05) is 32.9 Å². The molecule has 0 aliphatic heterocycles. The molecule has 6 heteroatoms. The smallest absolute Gasteiger partial charge is 0.240 e. The molecule has 5 nitrogen and oxygen atoms in total. The molecule has 118 valence electrons. The Morgan fingerprint density at radius 2 is 1.68 bits per heavy atom. The topological polar surface area (TPSA) is 75.4 Å². The van der Waals surface area contributed by atoms with Crippen molar-refractivity contribution in [2.45, 2.75) is 4.90 Å². The van der Waals surface area contributed by atoms with Gasteiger partial charge in [-0.3, -0.25) is 0 Å². The Morgan fingerprint density at radius 3 is 2.27 bits per heavy atom. The standard InChI is InChI=1S/C16H21N3O2S/c1-19(2)12-11-18-22(20,21)14-9-7-13(8-10-14)15-5-3-4-6-16(15)17/h3-10,18H,11-12,17H2,1-2H3. The summed E-state index contributed by atoms with van der Waals surface area (Å²) in [5, 5.41) is 0. The maximum Gasteiger partial charge on any atom is 0.240 e. The van der Waals surface area contributed by atoms with Gasteiger partial charge in [-0.05, 0) is 37.9 Å². The molecule has 0 aliphatic carbocycles. The average molecular weight is 319 g/mol. The second kappa shape index (κ2) is 6.91. The number of sulfonamides is 1. The zero-order chi connectivity index (χ0) is 16.2. The van der Waals surface area contributed by atoms with E-state index in [0.717, 1.165) is 11.1 Å². The third-order valence-corrected chi connectivity index (χ3v) is 4.76. The van der Waals surface area contributed by atoms with Gasteiger partial charge in [0.15, 0.2) is 0 Å². The molecule has 0 heterocycles. The Balaban J connectivity index is 2.16. The van der Waals surface area contributed by atoms with Crippen LogP contribution >= 0.6 is 0 Å². The van der Waals surface area contributed by atoms with Crippen LogP contribution in [0.5, 0.6) is 0 Å². The van der Waals surface area contributed by atoms with Crippen molar-refractivity contribution in [3.8, 4) is 11.1 Å². The van der Waals surface area contributed by atoms with Gasteiger partial charge >= 0.3 is 0 Å². The van der Waals surface area contributed by atoms with Crippen LogP contribution in [0.15, 0.2) is 53.4 Å². The molecule has 2 aromatic rings. The van der Waals surface area contributed by atoms with Gasteiger partial charge in [0.25, 0.3) is 0 Å². The van der Waals surface area contributed by atoms with Gasteiger partial charge in [0, 0.05) is 24.3 Å². The Labute approximate surface area is 131 Å². The molecule has 2 rings (SSSR count). The van der Waals surface area contributed by atoms with Crippen molar-refractivity contribution >= 4 is 15.7 Å². The molecule has 0 aromatic heterocycles. The molecule has 0 saturated carbocycles. The summed E-state index contributed by atoms with van der Waals surface area (Å²) in [5.74, 6) is 0. The summed E-state index contributed by atoms with van der Waals surface area (Å²) in [4.78, 5) is 2.17. The van der Waals surface area contributed by atoms with Gasteiger partial charge < -0.3 is 10.6 Å². The second-order valence-corrected chi connectivity index (χ2v) is 7.08. The predicted molar refractivity (Wildman–Crippen MR) is 90.0 cm³/mol. The molecule has 0 amide bonds. The molecule has 0 atom stereocenters. The van der Waals surface area contributed by atoms with Crippen LogP contribution in [0.4, 0.5) is 5.69 Å². The van der Waals surface area contributed by atoms with Crippen molar-refractivity contribution in [1.29, 1.82) is 0 Å². The number of likely N-dealkylation sites (N-methyl/N-ethyl adjacent to an activating group) is 1. The van der Waals surface area contributed by atoms with E-state index in [4.69, 9.17) is 5.73 Å². The highest BCUT2D eigenvalue weighted by Gasteiger charge is 2.13. The zero-order valence-electron chi connectivity index (χ0n) is 12.8. The van der Waals surface area contributed by atoms with E-state index >= 15 is 0 Å². The lowest BCUT2D eigenvalue weighted by Crippen LogP contribution is -2.31. The first-order valence-electron chi connectivity index (χ1n) is 6.99. The summed E-state index contributed by atoms with van der Waals surface area (Å²) in [7, 11) is 0.319. The SMILES string of the molecule is CN(C)CCNS(=O)(=O)c1ccc(-c2ccccc2N)cc1. The molecule has 0 radical (unpaired) electrons. The number of hydrogen-bond acceptors (Lipinski definition) is 4. The van der Waals surface area contributed by atoms with Crippen LogP contribution < -0.4 is 10.5 Å². The van der Waals surface area contributed by atoms with Crippen LogP contribution in [0.3, 0.4) is 0 Å². The molecule has 0 unspecified atom stereocenters. The minimum atomic E-state index is -3.47. The number of nitrogens with one attached hydrogen (secondary N) is 1. The fraction of sp³-hybridized carbons (Fsp3) is 0.250. The molecule has 0 fully saturated rings. The third-order valence-electron chi connectivity index (χ3n) is 3.29. The number of nitrogen functional groups attached to an aromatic ring is 1. The van der Waals surface area contributed by atoms with Gasteiger partial charge in [-0.15, -0.1) is 0 Å². The summed E-state index contributed by atoms with van der Waals surface area (Å²) in [6.45, 7) is 1.03. The van der Waals surface area contributed by atoms with Crippen LogP contribution in [0.2, 0.25) is 0 Å². The maximum atomic E-state index is 12.2. The molecule has 0 bridgehead atoms. The van der Waals surface area contributed by atoms with Crippen molar-refractivity contribution in [3.05, 3.63) is 48.5 Å².